The van der Waals surface area contributed by atoms with Crippen LogP contribution in [0.5, 0.6) is 0 Å². The molecule has 0 atom stereocenters. The lowest BCUT2D eigenvalue weighted by atomic mass is 9.88. The number of hydrogen-bond donors (Lipinski definition) is 1. The Bertz CT molecular complexity index is 1530. The van der Waals surface area contributed by atoms with Crippen LogP contribution in [0.15, 0.2) is 72.9 Å². The van der Waals surface area contributed by atoms with Gasteiger partial charge in [0.25, 0.3) is 0 Å². The van der Waals surface area contributed by atoms with Gasteiger partial charge in [0.15, 0.2) is 0 Å². The van der Waals surface area contributed by atoms with E-state index in [9.17, 15) is 23.1 Å². The van der Waals surface area contributed by atoms with Crippen molar-refractivity contribution in [3.63, 3.8) is 0 Å². The van der Waals surface area contributed by atoms with Gasteiger partial charge in [0, 0.05) is 18.7 Å². The lowest BCUT2D eigenvalue weighted by molar-refractivity contribution is -0.137. The number of ether oxygens (including phenoxy) is 1. The van der Waals surface area contributed by atoms with Crippen molar-refractivity contribution in [1.82, 2.24) is 19.9 Å². The Kier molecular flexibility index (Phi) is 8.10. The summed E-state index contributed by atoms with van der Waals surface area (Å²) in [4.78, 5) is 14.2. The average molecular weight is 579 g/mol. The van der Waals surface area contributed by atoms with Crippen molar-refractivity contribution in [2.45, 2.75) is 57.9 Å². The molecule has 2 heterocycles. The number of hydrogen-bond acceptors (Lipinski definition) is 5. The van der Waals surface area contributed by atoms with Gasteiger partial charge in [-0.15, -0.1) is 5.10 Å². The molecule has 1 aromatic heterocycles. The fourth-order valence-corrected chi connectivity index (χ4v) is 5.09. The van der Waals surface area contributed by atoms with Gasteiger partial charge < -0.3 is 14.7 Å². The zero-order valence-corrected chi connectivity index (χ0v) is 23.7. The van der Waals surface area contributed by atoms with E-state index in [0.29, 0.717) is 41.5 Å². The molecule has 3 aromatic carbocycles. The molecule has 1 N–H and O–H groups in total. The molecule has 4 aromatic rings. The lowest BCUT2D eigenvalue weighted by Gasteiger charge is -2.33. The predicted molar refractivity (Wildman–Crippen MR) is 153 cm³/mol. The van der Waals surface area contributed by atoms with Crippen LogP contribution >= 0.6 is 0 Å². The van der Waals surface area contributed by atoms with Crippen molar-refractivity contribution >= 4 is 6.09 Å². The van der Waals surface area contributed by atoms with E-state index in [4.69, 9.17) is 4.74 Å². The highest BCUT2D eigenvalue weighted by atomic mass is 19.4. The van der Waals surface area contributed by atoms with Crippen LogP contribution in [-0.2, 0) is 17.5 Å². The molecule has 0 aliphatic carbocycles. The third-order valence-corrected chi connectivity index (χ3v) is 7.29. The highest BCUT2D eigenvalue weighted by Crippen LogP contribution is 2.33. The van der Waals surface area contributed by atoms with Crippen LogP contribution in [-0.4, -0.2) is 49.8 Å². The van der Waals surface area contributed by atoms with E-state index in [1.54, 1.807) is 21.8 Å². The van der Waals surface area contributed by atoms with Gasteiger partial charge in [0.05, 0.1) is 24.1 Å². The Morgan fingerprint density at radius 2 is 1.57 bits per heavy atom. The standard InChI is InChI=1S/C32H33F3N4O3/c1-31(2,3)42-30(41)38-14-12-24(13-15-38)22-4-6-23(7-5-22)26-16-21(20-40)17-28(18-26)39-19-29(36-37-39)25-8-10-27(11-9-25)32(33,34)35/h4-11,16-19,24,40H,12-15,20H2,1-3H3. The molecular formula is C32H33F3N4O3. The van der Waals surface area contributed by atoms with E-state index in [0.717, 1.165) is 36.1 Å². The molecule has 0 spiro atoms. The Hall–Kier alpha value is -4.18. The van der Waals surface area contributed by atoms with Gasteiger partial charge in [-0.1, -0.05) is 41.6 Å². The van der Waals surface area contributed by atoms with Gasteiger partial charge in [-0.25, -0.2) is 9.48 Å². The summed E-state index contributed by atoms with van der Waals surface area (Å²) < 4.78 is 45.8. The number of benzene rings is 3. The number of alkyl halides is 3. The first kappa shape index (κ1) is 29.3. The number of rotatable bonds is 5. The number of carbonyl (C=O) groups is 1. The van der Waals surface area contributed by atoms with Gasteiger partial charge >= 0.3 is 12.3 Å². The second-order valence-electron chi connectivity index (χ2n) is 11.5. The second-order valence-corrected chi connectivity index (χ2v) is 11.5. The number of amides is 1. The van der Waals surface area contributed by atoms with E-state index in [1.807, 2.05) is 45.0 Å². The molecule has 0 bridgehead atoms. The summed E-state index contributed by atoms with van der Waals surface area (Å²) in [5.74, 6) is 0.343. The van der Waals surface area contributed by atoms with Gasteiger partial charge in [0.2, 0.25) is 0 Å². The Labute approximate surface area is 242 Å². The van der Waals surface area contributed by atoms with Crippen LogP contribution < -0.4 is 0 Å². The minimum atomic E-state index is -4.41. The van der Waals surface area contributed by atoms with E-state index in [2.05, 4.69) is 22.4 Å². The maximum atomic E-state index is 12.9. The van der Waals surface area contributed by atoms with E-state index in [-0.39, 0.29) is 12.7 Å². The first-order valence-electron chi connectivity index (χ1n) is 13.8. The van der Waals surface area contributed by atoms with Crippen LogP contribution in [0.4, 0.5) is 18.0 Å². The van der Waals surface area contributed by atoms with Crippen LogP contribution in [0, 0.1) is 0 Å². The molecule has 5 rings (SSSR count). The van der Waals surface area contributed by atoms with Crippen molar-refractivity contribution in [3.05, 3.63) is 89.6 Å². The molecule has 42 heavy (non-hydrogen) atoms. The second kappa shape index (κ2) is 11.6. The molecule has 1 amide bonds. The van der Waals surface area contributed by atoms with Crippen molar-refractivity contribution in [2.75, 3.05) is 13.1 Å². The van der Waals surface area contributed by atoms with E-state index in [1.165, 1.54) is 17.7 Å². The number of carbonyl (C=O) groups excluding carboxylic acids is 1. The average Bonchev–Trinajstić information content (AvgIpc) is 3.46. The fraction of sp³-hybridized carbons (Fsp3) is 0.344. The number of nitrogens with zero attached hydrogens (tertiary/aromatic N) is 4. The summed E-state index contributed by atoms with van der Waals surface area (Å²) in [6.45, 7) is 6.72. The van der Waals surface area contributed by atoms with Crippen LogP contribution in [0.25, 0.3) is 28.1 Å². The molecule has 1 fully saturated rings. The summed E-state index contributed by atoms with van der Waals surface area (Å²) in [6.07, 6.45) is -1.31. The topological polar surface area (TPSA) is 80.5 Å². The smallest absolute Gasteiger partial charge is 0.416 e. The molecule has 7 nitrogen and oxygen atoms in total. The first-order chi connectivity index (χ1) is 19.9. The molecule has 0 unspecified atom stereocenters. The van der Waals surface area contributed by atoms with E-state index < -0.39 is 17.3 Å². The largest absolute Gasteiger partial charge is 0.444 e. The predicted octanol–water partition coefficient (Wildman–Crippen LogP) is 7.23. The molecule has 0 radical (unpaired) electrons. The fourth-order valence-electron chi connectivity index (χ4n) is 5.09. The number of aliphatic hydroxyl groups excluding tert-OH is 1. The summed E-state index contributed by atoms with van der Waals surface area (Å²) in [6, 6.07) is 18.7. The molecule has 1 aliphatic rings. The molecule has 10 heteroatoms. The molecule has 1 aliphatic heterocycles. The van der Waals surface area contributed by atoms with Crippen LogP contribution in [0.1, 0.15) is 56.2 Å². The summed E-state index contributed by atoms with van der Waals surface area (Å²) >= 11 is 0. The van der Waals surface area contributed by atoms with Gasteiger partial charge in [-0.05, 0) is 92.1 Å². The number of aromatic nitrogens is 3. The van der Waals surface area contributed by atoms with Gasteiger partial charge in [0.1, 0.15) is 11.3 Å². The van der Waals surface area contributed by atoms with Crippen LogP contribution in [0.3, 0.4) is 0 Å². The maximum absolute atomic E-state index is 12.9. The summed E-state index contributed by atoms with van der Waals surface area (Å²) in [7, 11) is 0. The number of likely N-dealkylation sites (tertiary alicyclic amines) is 1. The summed E-state index contributed by atoms with van der Waals surface area (Å²) in [5.41, 5.74) is 4.11. The number of piperidine rings is 1. The third-order valence-electron chi connectivity index (χ3n) is 7.29. The van der Waals surface area contributed by atoms with E-state index >= 15 is 0 Å². The zero-order valence-electron chi connectivity index (χ0n) is 23.7. The Balaban J connectivity index is 1.30. The minimum Gasteiger partial charge on any atom is -0.444 e. The Morgan fingerprint density at radius 1 is 0.929 bits per heavy atom. The third kappa shape index (κ3) is 6.82. The number of aliphatic hydroxyl groups is 1. The van der Waals surface area contributed by atoms with Gasteiger partial charge in [-0.2, -0.15) is 13.2 Å². The minimum absolute atomic E-state index is 0.171. The molecule has 1 saturated heterocycles. The first-order valence-corrected chi connectivity index (χ1v) is 13.8. The van der Waals surface area contributed by atoms with Crippen molar-refractivity contribution in [2.24, 2.45) is 0 Å². The highest BCUT2D eigenvalue weighted by Gasteiger charge is 2.30. The molecule has 220 valence electrons. The monoisotopic (exact) mass is 578 g/mol. The van der Waals surface area contributed by atoms with Crippen molar-refractivity contribution < 1.29 is 27.8 Å². The SMILES string of the molecule is CC(C)(C)OC(=O)N1CCC(c2ccc(-c3cc(CO)cc(-n4cc(-c5ccc(C(F)(F)F)cc5)nn4)c3)cc2)CC1. The zero-order chi connectivity index (χ0) is 30.1. The van der Waals surface area contributed by atoms with Crippen molar-refractivity contribution in [3.8, 4) is 28.1 Å². The summed E-state index contributed by atoms with van der Waals surface area (Å²) in [5, 5.41) is 18.2. The maximum Gasteiger partial charge on any atom is 0.416 e. The molecule has 0 saturated carbocycles. The highest BCUT2D eigenvalue weighted by molar-refractivity contribution is 5.69. The molecular weight excluding hydrogens is 545 g/mol. The quantitative estimate of drug-likeness (QED) is 0.270. The lowest BCUT2D eigenvalue weighted by Crippen LogP contribution is -2.41. The van der Waals surface area contributed by atoms with Crippen LogP contribution in [0.2, 0.25) is 0 Å². The van der Waals surface area contributed by atoms with Gasteiger partial charge in [-0.3, -0.25) is 0 Å². The normalized spacial score (nSPS) is 14.7. The Morgan fingerprint density at radius 3 is 2.17 bits per heavy atom. The van der Waals surface area contributed by atoms with Crippen molar-refractivity contribution in [1.29, 1.82) is 0 Å². The number of halogens is 3.